The number of nitrogens with zero attached hydrogens (tertiary/aromatic N) is 2. The normalized spacial score (nSPS) is 24.0. The van der Waals surface area contributed by atoms with E-state index in [-0.39, 0.29) is 0 Å². The number of piperazine rings is 1. The van der Waals surface area contributed by atoms with Crippen molar-refractivity contribution in [2.75, 3.05) is 26.7 Å². The van der Waals surface area contributed by atoms with Crippen molar-refractivity contribution in [1.82, 2.24) is 9.80 Å². The number of furan rings is 1. The first-order chi connectivity index (χ1) is 8.63. The van der Waals surface area contributed by atoms with Crippen LogP contribution >= 0.6 is 0 Å². The van der Waals surface area contributed by atoms with E-state index >= 15 is 0 Å². The van der Waals surface area contributed by atoms with Crippen LogP contribution in [-0.2, 0) is 4.79 Å². The van der Waals surface area contributed by atoms with Crippen molar-refractivity contribution in [3.05, 3.63) is 24.2 Å². The van der Waals surface area contributed by atoms with Gasteiger partial charge in [0.05, 0.1) is 6.26 Å². The van der Waals surface area contributed by atoms with Crippen LogP contribution in [0.25, 0.3) is 0 Å². The molecule has 1 aromatic rings. The van der Waals surface area contributed by atoms with Gasteiger partial charge in [0.15, 0.2) is 6.04 Å². The van der Waals surface area contributed by atoms with E-state index in [1.807, 2.05) is 4.90 Å². The molecule has 2 unspecified atom stereocenters. The zero-order valence-electron chi connectivity index (χ0n) is 10.9. The maximum atomic E-state index is 11.5. The molecule has 2 heterocycles. The fourth-order valence-corrected chi connectivity index (χ4v) is 2.55. The molecule has 0 spiro atoms. The predicted octanol–water partition coefficient (Wildman–Crippen LogP) is 1.43. The number of aliphatic carboxylic acids is 1. The monoisotopic (exact) mass is 252 g/mol. The molecule has 100 valence electrons. The molecule has 2 atom stereocenters. The smallest absolute Gasteiger partial charge is 0.328 e. The number of hydrogen-bond acceptors (Lipinski definition) is 4. The second-order valence-corrected chi connectivity index (χ2v) is 4.79. The Morgan fingerprint density at radius 2 is 2.39 bits per heavy atom. The third-order valence-corrected chi connectivity index (χ3v) is 3.69. The highest BCUT2D eigenvalue weighted by Gasteiger charge is 2.34. The second kappa shape index (κ2) is 5.54. The quantitative estimate of drug-likeness (QED) is 0.878. The Morgan fingerprint density at radius 1 is 1.61 bits per heavy atom. The highest BCUT2D eigenvalue weighted by atomic mass is 16.4. The lowest BCUT2D eigenvalue weighted by Crippen LogP contribution is -2.53. The molecule has 1 saturated heterocycles. The SMILES string of the molecule is CCC1CN(C(C(=O)O)c2ccco2)CCN1C. The fourth-order valence-electron chi connectivity index (χ4n) is 2.55. The van der Waals surface area contributed by atoms with Gasteiger partial charge in [-0.25, -0.2) is 0 Å². The number of carbonyl (C=O) groups is 1. The summed E-state index contributed by atoms with van der Waals surface area (Å²) in [6.07, 6.45) is 2.55. The van der Waals surface area contributed by atoms with E-state index in [0.717, 1.165) is 26.1 Å². The van der Waals surface area contributed by atoms with Gasteiger partial charge in [0, 0.05) is 25.7 Å². The van der Waals surface area contributed by atoms with Gasteiger partial charge in [0.2, 0.25) is 0 Å². The van der Waals surface area contributed by atoms with Crippen LogP contribution in [0.1, 0.15) is 25.1 Å². The second-order valence-electron chi connectivity index (χ2n) is 4.79. The van der Waals surface area contributed by atoms with E-state index in [1.165, 1.54) is 6.26 Å². The van der Waals surface area contributed by atoms with Gasteiger partial charge in [-0.2, -0.15) is 0 Å². The maximum absolute atomic E-state index is 11.5. The van der Waals surface area contributed by atoms with E-state index in [1.54, 1.807) is 12.1 Å². The number of likely N-dealkylation sites (N-methyl/N-ethyl adjacent to an activating group) is 1. The molecular weight excluding hydrogens is 232 g/mol. The van der Waals surface area contributed by atoms with Crippen molar-refractivity contribution in [3.8, 4) is 0 Å². The van der Waals surface area contributed by atoms with Gasteiger partial charge in [0.1, 0.15) is 5.76 Å². The largest absolute Gasteiger partial charge is 0.480 e. The molecule has 0 aromatic carbocycles. The van der Waals surface area contributed by atoms with Crippen LogP contribution in [0.3, 0.4) is 0 Å². The molecule has 0 amide bonds. The Morgan fingerprint density at radius 3 is 2.94 bits per heavy atom. The van der Waals surface area contributed by atoms with Crippen molar-refractivity contribution in [3.63, 3.8) is 0 Å². The van der Waals surface area contributed by atoms with Gasteiger partial charge in [0.25, 0.3) is 0 Å². The first-order valence-electron chi connectivity index (χ1n) is 6.34. The molecule has 1 aliphatic heterocycles. The summed E-state index contributed by atoms with van der Waals surface area (Å²) in [7, 11) is 2.09. The highest BCUT2D eigenvalue weighted by molar-refractivity contribution is 5.74. The summed E-state index contributed by atoms with van der Waals surface area (Å²) in [5, 5.41) is 9.41. The van der Waals surface area contributed by atoms with Gasteiger partial charge < -0.3 is 14.4 Å². The zero-order valence-corrected chi connectivity index (χ0v) is 10.9. The first kappa shape index (κ1) is 13.1. The molecule has 0 aliphatic carbocycles. The van der Waals surface area contributed by atoms with E-state index in [0.29, 0.717) is 11.8 Å². The summed E-state index contributed by atoms with van der Waals surface area (Å²) in [6, 6.07) is 3.22. The first-order valence-corrected chi connectivity index (χ1v) is 6.34. The highest BCUT2D eigenvalue weighted by Crippen LogP contribution is 2.25. The zero-order chi connectivity index (χ0) is 13.1. The summed E-state index contributed by atoms with van der Waals surface area (Å²) < 4.78 is 5.27. The minimum Gasteiger partial charge on any atom is -0.480 e. The van der Waals surface area contributed by atoms with E-state index < -0.39 is 12.0 Å². The average Bonchev–Trinajstić information content (AvgIpc) is 2.84. The van der Waals surface area contributed by atoms with Crippen molar-refractivity contribution in [2.24, 2.45) is 0 Å². The van der Waals surface area contributed by atoms with Crippen LogP contribution in [0.15, 0.2) is 22.8 Å². The number of hydrogen-bond donors (Lipinski definition) is 1. The molecule has 1 N–H and O–H groups in total. The summed E-state index contributed by atoms with van der Waals surface area (Å²) in [5.41, 5.74) is 0. The Kier molecular flexibility index (Phi) is 4.04. The topological polar surface area (TPSA) is 56.9 Å². The number of rotatable bonds is 4. The fraction of sp³-hybridized carbons (Fsp3) is 0.615. The minimum absolute atomic E-state index is 0.413. The molecule has 0 saturated carbocycles. The van der Waals surface area contributed by atoms with Gasteiger partial charge >= 0.3 is 5.97 Å². The lowest BCUT2D eigenvalue weighted by molar-refractivity contribution is -0.145. The Hall–Kier alpha value is -1.33. The minimum atomic E-state index is -0.843. The lowest BCUT2D eigenvalue weighted by Gasteiger charge is -2.40. The molecule has 1 aliphatic rings. The van der Waals surface area contributed by atoms with Crippen LogP contribution in [0.5, 0.6) is 0 Å². The molecule has 1 aromatic heterocycles. The standard InChI is InChI=1S/C13H20N2O3/c1-3-10-9-15(7-6-14(10)2)12(13(16)17)11-5-4-8-18-11/h4-5,8,10,12H,3,6-7,9H2,1-2H3,(H,16,17). The predicted molar refractivity (Wildman–Crippen MR) is 67.4 cm³/mol. The van der Waals surface area contributed by atoms with Crippen molar-refractivity contribution in [2.45, 2.75) is 25.4 Å². The Labute approximate surface area is 107 Å². The van der Waals surface area contributed by atoms with Crippen molar-refractivity contribution < 1.29 is 14.3 Å². The molecule has 18 heavy (non-hydrogen) atoms. The van der Waals surface area contributed by atoms with Crippen LogP contribution in [0.2, 0.25) is 0 Å². The molecule has 2 rings (SSSR count). The van der Waals surface area contributed by atoms with Gasteiger partial charge in [-0.3, -0.25) is 9.69 Å². The van der Waals surface area contributed by atoms with Crippen molar-refractivity contribution >= 4 is 5.97 Å². The van der Waals surface area contributed by atoms with Gasteiger partial charge in [-0.15, -0.1) is 0 Å². The van der Waals surface area contributed by atoms with Crippen molar-refractivity contribution in [1.29, 1.82) is 0 Å². The summed E-state index contributed by atoms with van der Waals surface area (Å²) in [5.74, 6) is -0.328. The third kappa shape index (κ3) is 2.57. The Bertz CT molecular complexity index is 391. The maximum Gasteiger partial charge on any atom is 0.328 e. The lowest BCUT2D eigenvalue weighted by atomic mass is 10.1. The molecule has 5 nitrogen and oxygen atoms in total. The Balaban J connectivity index is 2.15. The van der Waals surface area contributed by atoms with E-state index in [2.05, 4.69) is 18.9 Å². The van der Waals surface area contributed by atoms with Crippen LogP contribution < -0.4 is 0 Å². The molecule has 5 heteroatoms. The van der Waals surface area contributed by atoms with Gasteiger partial charge in [-0.05, 0) is 25.6 Å². The number of carboxylic acids is 1. The average molecular weight is 252 g/mol. The number of carboxylic acid groups (broad SMARTS) is 1. The van der Waals surface area contributed by atoms with Crippen LogP contribution in [0, 0.1) is 0 Å². The molecule has 0 bridgehead atoms. The van der Waals surface area contributed by atoms with Crippen LogP contribution in [0.4, 0.5) is 0 Å². The third-order valence-electron chi connectivity index (χ3n) is 3.69. The summed E-state index contributed by atoms with van der Waals surface area (Å²) in [6.45, 7) is 4.55. The molecule has 1 fully saturated rings. The van der Waals surface area contributed by atoms with E-state index in [4.69, 9.17) is 4.42 Å². The van der Waals surface area contributed by atoms with Crippen LogP contribution in [-0.4, -0.2) is 53.6 Å². The molecular formula is C13H20N2O3. The van der Waals surface area contributed by atoms with E-state index in [9.17, 15) is 9.90 Å². The summed E-state index contributed by atoms with van der Waals surface area (Å²) in [4.78, 5) is 15.7. The molecule has 0 radical (unpaired) electrons. The summed E-state index contributed by atoms with van der Waals surface area (Å²) >= 11 is 0. The van der Waals surface area contributed by atoms with Gasteiger partial charge in [-0.1, -0.05) is 6.92 Å².